The summed E-state index contributed by atoms with van der Waals surface area (Å²) in [5.74, 6) is 1.62. The minimum atomic E-state index is 0.789. The molecule has 1 saturated carbocycles. The Balaban J connectivity index is 1.64. The molecule has 1 aliphatic rings. The molecule has 4 heteroatoms. The highest BCUT2D eigenvalue weighted by Crippen LogP contribution is 2.31. The number of hydrogen-bond acceptors (Lipinski definition) is 3. The van der Waals surface area contributed by atoms with Gasteiger partial charge in [-0.2, -0.15) is 5.10 Å². The van der Waals surface area contributed by atoms with E-state index in [-0.39, 0.29) is 0 Å². The average molecular weight is 290 g/mol. The smallest absolute Gasteiger partial charge is 0.125 e. The van der Waals surface area contributed by atoms with Crippen molar-refractivity contribution in [2.45, 2.75) is 26.3 Å². The molecular formula is C18H18N4. The van der Waals surface area contributed by atoms with E-state index < -0.39 is 0 Å². The van der Waals surface area contributed by atoms with Crippen LogP contribution in [0.25, 0.3) is 22.5 Å². The standard InChI is InChI=1S/C18H18N4/c1-13-19-9-7-17(20-13)15-3-2-4-16(11-15)18-8-10-22(21-18)12-14-5-6-14/h2-4,7-11,14H,5-6,12H2,1H3. The lowest BCUT2D eigenvalue weighted by molar-refractivity contribution is 0.564. The Morgan fingerprint density at radius 2 is 1.91 bits per heavy atom. The van der Waals surface area contributed by atoms with Crippen molar-refractivity contribution in [1.82, 2.24) is 19.7 Å². The first-order valence-corrected chi connectivity index (χ1v) is 7.72. The Hall–Kier alpha value is -2.49. The topological polar surface area (TPSA) is 43.6 Å². The van der Waals surface area contributed by atoms with Crippen molar-refractivity contribution in [2.75, 3.05) is 0 Å². The largest absolute Gasteiger partial charge is 0.272 e. The van der Waals surface area contributed by atoms with Gasteiger partial charge in [0.15, 0.2) is 0 Å². The Bertz CT molecular complexity index is 802. The molecule has 22 heavy (non-hydrogen) atoms. The summed E-state index contributed by atoms with van der Waals surface area (Å²) in [6.45, 7) is 2.96. The van der Waals surface area contributed by atoms with Crippen molar-refractivity contribution in [2.24, 2.45) is 5.92 Å². The van der Waals surface area contributed by atoms with Gasteiger partial charge in [0, 0.05) is 30.1 Å². The second-order valence-electron chi connectivity index (χ2n) is 5.94. The molecule has 3 aromatic rings. The number of benzene rings is 1. The van der Waals surface area contributed by atoms with E-state index in [2.05, 4.69) is 51.2 Å². The van der Waals surface area contributed by atoms with Crippen LogP contribution in [-0.4, -0.2) is 19.7 Å². The quantitative estimate of drug-likeness (QED) is 0.735. The van der Waals surface area contributed by atoms with E-state index in [0.29, 0.717) is 0 Å². The average Bonchev–Trinajstić information content (AvgIpc) is 3.22. The van der Waals surface area contributed by atoms with Crippen molar-refractivity contribution >= 4 is 0 Å². The Kier molecular flexibility index (Phi) is 3.22. The molecule has 2 aromatic heterocycles. The fourth-order valence-corrected chi connectivity index (χ4v) is 2.64. The third kappa shape index (κ3) is 2.77. The first kappa shape index (κ1) is 13.2. The monoisotopic (exact) mass is 290 g/mol. The SMILES string of the molecule is Cc1nccc(-c2cccc(-c3ccn(CC4CC4)n3)c2)n1. The summed E-state index contributed by atoms with van der Waals surface area (Å²) >= 11 is 0. The van der Waals surface area contributed by atoms with Crippen LogP contribution in [0.3, 0.4) is 0 Å². The highest BCUT2D eigenvalue weighted by atomic mass is 15.3. The van der Waals surface area contributed by atoms with Gasteiger partial charge in [0.1, 0.15) is 5.82 Å². The van der Waals surface area contributed by atoms with E-state index in [1.54, 1.807) is 6.20 Å². The lowest BCUT2D eigenvalue weighted by Gasteiger charge is -2.04. The molecule has 0 N–H and O–H groups in total. The fraction of sp³-hybridized carbons (Fsp3) is 0.278. The molecule has 1 aromatic carbocycles. The number of hydrogen-bond donors (Lipinski definition) is 0. The summed E-state index contributed by atoms with van der Waals surface area (Å²) in [5.41, 5.74) is 4.20. The van der Waals surface area contributed by atoms with E-state index in [4.69, 9.17) is 5.10 Å². The molecule has 0 saturated heterocycles. The minimum absolute atomic E-state index is 0.789. The molecule has 0 aliphatic heterocycles. The van der Waals surface area contributed by atoms with E-state index in [1.807, 2.05) is 13.0 Å². The summed E-state index contributed by atoms with van der Waals surface area (Å²) in [5, 5.41) is 4.70. The normalized spacial score (nSPS) is 14.2. The number of aromatic nitrogens is 4. The zero-order chi connectivity index (χ0) is 14.9. The summed E-state index contributed by atoms with van der Waals surface area (Å²) in [6, 6.07) is 12.4. The second-order valence-corrected chi connectivity index (χ2v) is 5.94. The Labute approximate surface area is 129 Å². The Morgan fingerprint density at radius 1 is 1.09 bits per heavy atom. The maximum absolute atomic E-state index is 4.70. The molecular weight excluding hydrogens is 272 g/mol. The van der Waals surface area contributed by atoms with Gasteiger partial charge in [0.25, 0.3) is 0 Å². The summed E-state index contributed by atoms with van der Waals surface area (Å²) in [4.78, 5) is 8.65. The van der Waals surface area contributed by atoms with Crippen molar-refractivity contribution in [3.63, 3.8) is 0 Å². The summed E-state index contributed by atoms with van der Waals surface area (Å²) in [7, 11) is 0. The number of rotatable bonds is 4. The van der Waals surface area contributed by atoms with Gasteiger partial charge in [-0.05, 0) is 43.9 Å². The summed E-state index contributed by atoms with van der Waals surface area (Å²) in [6.07, 6.45) is 6.57. The zero-order valence-electron chi connectivity index (χ0n) is 12.6. The third-order valence-electron chi connectivity index (χ3n) is 4.01. The molecule has 0 atom stereocenters. The molecule has 0 radical (unpaired) electrons. The maximum atomic E-state index is 4.70. The highest BCUT2D eigenvalue weighted by Gasteiger charge is 2.22. The third-order valence-corrected chi connectivity index (χ3v) is 4.01. The van der Waals surface area contributed by atoms with Crippen molar-refractivity contribution < 1.29 is 0 Å². The van der Waals surface area contributed by atoms with Crippen molar-refractivity contribution in [3.05, 3.63) is 54.6 Å². The van der Waals surface area contributed by atoms with Gasteiger partial charge in [-0.3, -0.25) is 4.68 Å². The summed E-state index contributed by atoms with van der Waals surface area (Å²) < 4.78 is 2.06. The molecule has 0 unspecified atom stereocenters. The molecule has 110 valence electrons. The van der Waals surface area contributed by atoms with Crippen LogP contribution in [0.15, 0.2) is 48.8 Å². The van der Waals surface area contributed by atoms with Crippen LogP contribution < -0.4 is 0 Å². The molecule has 4 nitrogen and oxygen atoms in total. The maximum Gasteiger partial charge on any atom is 0.125 e. The lowest BCUT2D eigenvalue weighted by Crippen LogP contribution is -2.00. The van der Waals surface area contributed by atoms with Gasteiger partial charge < -0.3 is 0 Å². The molecule has 0 spiro atoms. The molecule has 0 bridgehead atoms. The van der Waals surface area contributed by atoms with E-state index in [1.165, 1.54) is 12.8 Å². The fourth-order valence-electron chi connectivity index (χ4n) is 2.64. The number of aryl methyl sites for hydroxylation is 1. The van der Waals surface area contributed by atoms with E-state index >= 15 is 0 Å². The highest BCUT2D eigenvalue weighted by molar-refractivity contribution is 5.69. The van der Waals surface area contributed by atoms with Crippen LogP contribution in [0.5, 0.6) is 0 Å². The van der Waals surface area contributed by atoms with Gasteiger partial charge >= 0.3 is 0 Å². The van der Waals surface area contributed by atoms with Crippen LogP contribution in [0.2, 0.25) is 0 Å². The molecule has 2 heterocycles. The van der Waals surface area contributed by atoms with Gasteiger partial charge in [-0.25, -0.2) is 9.97 Å². The van der Waals surface area contributed by atoms with Gasteiger partial charge in [-0.15, -0.1) is 0 Å². The first-order valence-electron chi connectivity index (χ1n) is 7.72. The van der Waals surface area contributed by atoms with Gasteiger partial charge in [0.2, 0.25) is 0 Å². The molecule has 0 amide bonds. The second kappa shape index (κ2) is 5.37. The van der Waals surface area contributed by atoms with Crippen LogP contribution in [-0.2, 0) is 6.54 Å². The molecule has 4 rings (SSSR count). The van der Waals surface area contributed by atoms with E-state index in [9.17, 15) is 0 Å². The lowest BCUT2D eigenvalue weighted by atomic mass is 10.1. The van der Waals surface area contributed by atoms with E-state index in [0.717, 1.165) is 40.8 Å². The van der Waals surface area contributed by atoms with Crippen molar-refractivity contribution in [1.29, 1.82) is 0 Å². The first-order chi connectivity index (χ1) is 10.8. The number of nitrogens with zero attached hydrogens (tertiary/aromatic N) is 4. The van der Waals surface area contributed by atoms with Crippen LogP contribution in [0.4, 0.5) is 0 Å². The molecule has 1 fully saturated rings. The zero-order valence-corrected chi connectivity index (χ0v) is 12.6. The Morgan fingerprint density at radius 3 is 2.68 bits per heavy atom. The van der Waals surface area contributed by atoms with Crippen LogP contribution >= 0.6 is 0 Å². The minimum Gasteiger partial charge on any atom is -0.272 e. The van der Waals surface area contributed by atoms with Crippen molar-refractivity contribution in [3.8, 4) is 22.5 Å². The van der Waals surface area contributed by atoms with Gasteiger partial charge in [-0.1, -0.05) is 18.2 Å². The van der Waals surface area contributed by atoms with Gasteiger partial charge in [0.05, 0.1) is 11.4 Å². The van der Waals surface area contributed by atoms with Crippen LogP contribution in [0.1, 0.15) is 18.7 Å². The van der Waals surface area contributed by atoms with Crippen LogP contribution in [0, 0.1) is 12.8 Å². The molecule has 1 aliphatic carbocycles. The predicted octanol–water partition coefficient (Wildman–Crippen LogP) is 3.73. The predicted molar refractivity (Wildman–Crippen MR) is 86.2 cm³/mol.